The van der Waals surface area contributed by atoms with E-state index in [1.807, 2.05) is 6.07 Å². The Kier molecular flexibility index (Phi) is 4.90. The van der Waals surface area contributed by atoms with Gasteiger partial charge in [-0.3, -0.25) is 19.7 Å². The lowest BCUT2D eigenvalue weighted by Crippen LogP contribution is -2.58. The number of hydrogen-bond donors (Lipinski definition) is 2. The van der Waals surface area contributed by atoms with E-state index in [1.165, 1.54) is 57.1 Å². The summed E-state index contributed by atoms with van der Waals surface area (Å²) >= 11 is 0. The average molecular weight is 436 g/mol. The van der Waals surface area contributed by atoms with E-state index < -0.39 is 6.04 Å². The molecular formula is C26H33N3O3. The summed E-state index contributed by atoms with van der Waals surface area (Å²) in [4.78, 5) is 38.3. The number of fused-ring (bicyclic) bond motifs is 1. The number of piperidine rings is 1. The second-order valence-electron chi connectivity index (χ2n) is 11.1. The Morgan fingerprint density at radius 3 is 2.62 bits per heavy atom. The zero-order valence-corrected chi connectivity index (χ0v) is 18.7. The van der Waals surface area contributed by atoms with E-state index in [1.54, 1.807) is 4.90 Å². The number of carbonyl (C=O) groups is 3. The molecule has 2 heterocycles. The largest absolute Gasteiger partial charge is 0.322 e. The van der Waals surface area contributed by atoms with Crippen LogP contribution in [0.5, 0.6) is 0 Å². The van der Waals surface area contributed by atoms with Crippen LogP contribution in [0.1, 0.15) is 79.3 Å². The van der Waals surface area contributed by atoms with Crippen molar-refractivity contribution in [3.05, 3.63) is 34.9 Å². The summed E-state index contributed by atoms with van der Waals surface area (Å²) in [7, 11) is 0. The first-order valence-corrected chi connectivity index (χ1v) is 12.5. The molecule has 0 radical (unpaired) electrons. The minimum Gasteiger partial charge on any atom is -0.322 e. The predicted octanol–water partition coefficient (Wildman–Crippen LogP) is 2.94. The van der Waals surface area contributed by atoms with E-state index in [0.717, 1.165) is 17.9 Å². The van der Waals surface area contributed by atoms with Gasteiger partial charge in [0, 0.05) is 31.1 Å². The molecular weight excluding hydrogens is 402 g/mol. The zero-order valence-electron chi connectivity index (χ0n) is 18.7. The van der Waals surface area contributed by atoms with Crippen LogP contribution in [0.4, 0.5) is 0 Å². The highest BCUT2D eigenvalue weighted by atomic mass is 16.2. The molecule has 3 atom stereocenters. The van der Waals surface area contributed by atoms with Gasteiger partial charge in [0.2, 0.25) is 11.8 Å². The quantitative estimate of drug-likeness (QED) is 0.674. The number of amides is 3. The zero-order chi connectivity index (χ0) is 21.9. The Labute approximate surface area is 189 Å². The SMILES string of the molecule is O=C1CCC(N2Cc3cc(C[C@H]4CCCC[C@@H]4NCC45CC(C4)C5)ccc3C2=O)C(=O)N1. The van der Waals surface area contributed by atoms with Crippen LogP contribution in [0.2, 0.25) is 0 Å². The molecule has 1 aromatic carbocycles. The van der Waals surface area contributed by atoms with Gasteiger partial charge in [-0.15, -0.1) is 0 Å². The molecule has 0 aromatic heterocycles. The van der Waals surface area contributed by atoms with E-state index in [-0.39, 0.29) is 17.7 Å². The van der Waals surface area contributed by atoms with Gasteiger partial charge in [-0.25, -0.2) is 0 Å². The topological polar surface area (TPSA) is 78.5 Å². The molecule has 5 fully saturated rings. The first kappa shape index (κ1) is 20.4. The van der Waals surface area contributed by atoms with Crippen molar-refractivity contribution in [2.24, 2.45) is 17.3 Å². The highest BCUT2D eigenvalue weighted by molar-refractivity contribution is 6.05. The predicted molar refractivity (Wildman–Crippen MR) is 120 cm³/mol. The molecule has 2 aliphatic heterocycles. The van der Waals surface area contributed by atoms with Crippen LogP contribution < -0.4 is 10.6 Å². The smallest absolute Gasteiger partial charge is 0.255 e. The van der Waals surface area contributed by atoms with Crippen molar-refractivity contribution in [3.8, 4) is 0 Å². The van der Waals surface area contributed by atoms with Crippen LogP contribution in [-0.4, -0.2) is 41.2 Å². The maximum Gasteiger partial charge on any atom is 0.255 e. The van der Waals surface area contributed by atoms with Crippen molar-refractivity contribution in [3.63, 3.8) is 0 Å². The van der Waals surface area contributed by atoms with Crippen molar-refractivity contribution in [1.29, 1.82) is 0 Å². The fourth-order valence-corrected chi connectivity index (χ4v) is 7.00. The third kappa shape index (κ3) is 3.47. The molecule has 6 nitrogen and oxygen atoms in total. The van der Waals surface area contributed by atoms with Crippen molar-refractivity contribution in [2.45, 2.75) is 82.8 Å². The first-order valence-electron chi connectivity index (χ1n) is 12.5. The Morgan fingerprint density at radius 2 is 1.88 bits per heavy atom. The number of carbonyl (C=O) groups excluding carboxylic acids is 3. The normalized spacial score (nSPS) is 35.8. The minimum atomic E-state index is -0.542. The molecule has 0 spiro atoms. The van der Waals surface area contributed by atoms with E-state index in [0.29, 0.717) is 42.3 Å². The van der Waals surface area contributed by atoms with Gasteiger partial charge in [0.05, 0.1) is 0 Å². The van der Waals surface area contributed by atoms with Crippen LogP contribution in [0.3, 0.4) is 0 Å². The van der Waals surface area contributed by atoms with Crippen molar-refractivity contribution >= 4 is 17.7 Å². The Bertz CT molecular complexity index is 956. The third-order valence-electron chi connectivity index (χ3n) is 8.90. The molecule has 4 saturated carbocycles. The van der Waals surface area contributed by atoms with Gasteiger partial charge in [-0.2, -0.15) is 0 Å². The highest BCUT2D eigenvalue weighted by Gasteiger charge is 2.56. The molecule has 7 rings (SSSR count). The molecule has 2 N–H and O–H groups in total. The molecule has 3 amide bonds. The second kappa shape index (κ2) is 7.68. The number of benzene rings is 1. The maximum absolute atomic E-state index is 12.9. The fourth-order valence-electron chi connectivity index (χ4n) is 7.00. The summed E-state index contributed by atoms with van der Waals surface area (Å²) in [6, 6.07) is 6.31. The lowest BCUT2D eigenvalue weighted by molar-refractivity contribution is -0.136. The number of imide groups is 1. The van der Waals surface area contributed by atoms with Crippen LogP contribution in [0, 0.1) is 17.3 Å². The van der Waals surface area contributed by atoms with Gasteiger partial charge < -0.3 is 10.2 Å². The summed E-state index contributed by atoms with van der Waals surface area (Å²) in [5.41, 5.74) is 3.66. The van der Waals surface area contributed by atoms with Crippen LogP contribution >= 0.6 is 0 Å². The van der Waals surface area contributed by atoms with Gasteiger partial charge >= 0.3 is 0 Å². The molecule has 1 unspecified atom stereocenters. The molecule has 6 aliphatic rings. The van der Waals surface area contributed by atoms with Gasteiger partial charge in [-0.1, -0.05) is 25.0 Å². The third-order valence-corrected chi connectivity index (χ3v) is 8.90. The summed E-state index contributed by atoms with van der Waals surface area (Å²) in [6.45, 7) is 1.66. The Balaban J connectivity index is 1.12. The number of rotatable bonds is 6. The number of nitrogens with zero attached hydrogens (tertiary/aromatic N) is 1. The Hall–Kier alpha value is -2.21. The van der Waals surface area contributed by atoms with Gasteiger partial charge in [0.25, 0.3) is 5.91 Å². The highest BCUT2D eigenvalue weighted by Crippen LogP contribution is 2.64. The minimum absolute atomic E-state index is 0.0863. The first-order chi connectivity index (χ1) is 15.5. The number of nitrogens with one attached hydrogen (secondary N) is 2. The van der Waals surface area contributed by atoms with E-state index in [9.17, 15) is 14.4 Å². The maximum atomic E-state index is 12.9. The summed E-state index contributed by atoms with van der Waals surface area (Å²) in [5.74, 6) is 1.01. The van der Waals surface area contributed by atoms with E-state index in [4.69, 9.17) is 0 Å². The van der Waals surface area contributed by atoms with Gasteiger partial charge in [0.1, 0.15) is 6.04 Å². The fraction of sp³-hybridized carbons (Fsp3) is 0.654. The van der Waals surface area contributed by atoms with Crippen LogP contribution in [0.15, 0.2) is 18.2 Å². The van der Waals surface area contributed by atoms with Crippen molar-refractivity contribution < 1.29 is 14.4 Å². The van der Waals surface area contributed by atoms with Crippen LogP contribution in [-0.2, 0) is 22.6 Å². The van der Waals surface area contributed by atoms with Crippen molar-refractivity contribution in [2.75, 3.05) is 6.54 Å². The molecule has 1 saturated heterocycles. The lowest BCUT2D eigenvalue weighted by atomic mass is 9.44. The average Bonchev–Trinajstić information content (AvgIpc) is 3.03. The van der Waals surface area contributed by atoms with E-state index >= 15 is 0 Å². The second-order valence-corrected chi connectivity index (χ2v) is 11.1. The standard InChI is InChI=1S/C26H33N3O3/c30-23-8-7-22(24(31)28-23)29-14-19-10-16(5-6-20(19)25(29)32)9-18-3-1-2-4-21(18)27-15-26-11-17(12-26)13-26/h5-6,10,17-18,21-22,27H,1-4,7-9,11-15H2,(H,28,30,31)/t17?,18-,21+,22?,26?/m1/s1. The summed E-state index contributed by atoms with van der Waals surface area (Å²) in [5, 5.41) is 6.33. The lowest BCUT2D eigenvalue weighted by Gasteiger charge is -2.62. The van der Waals surface area contributed by atoms with Crippen molar-refractivity contribution in [1.82, 2.24) is 15.5 Å². The summed E-state index contributed by atoms with van der Waals surface area (Å²) < 4.78 is 0. The van der Waals surface area contributed by atoms with Gasteiger partial charge in [-0.05, 0) is 79.4 Å². The Morgan fingerprint density at radius 1 is 1.06 bits per heavy atom. The molecule has 4 aliphatic carbocycles. The molecule has 2 bridgehead atoms. The van der Waals surface area contributed by atoms with Crippen LogP contribution in [0.25, 0.3) is 0 Å². The molecule has 170 valence electrons. The monoisotopic (exact) mass is 435 g/mol. The summed E-state index contributed by atoms with van der Waals surface area (Å²) in [6.07, 6.45) is 11.3. The molecule has 1 aromatic rings. The van der Waals surface area contributed by atoms with Gasteiger partial charge in [0.15, 0.2) is 0 Å². The number of hydrogen-bond acceptors (Lipinski definition) is 4. The molecule has 6 heteroatoms. The van der Waals surface area contributed by atoms with E-state index in [2.05, 4.69) is 22.8 Å². The molecule has 32 heavy (non-hydrogen) atoms.